The van der Waals surface area contributed by atoms with E-state index in [0.717, 1.165) is 10.5 Å². The minimum Gasteiger partial charge on any atom is -0.496 e. The van der Waals surface area contributed by atoms with Gasteiger partial charge in [-0.3, -0.25) is 14.5 Å². The number of rotatable bonds is 6. The van der Waals surface area contributed by atoms with E-state index in [2.05, 4.69) is 10.6 Å². The maximum absolute atomic E-state index is 12.9. The van der Waals surface area contributed by atoms with Crippen LogP contribution in [0.3, 0.4) is 0 Å². The van der Waals surface area contributed by atoms with Crippen LogP contribution < -0.4 is 15.4 Å². The summed E-state index contributed by atoms with van der Waals surface area (Å²) in [4.78, 5) is 38.2. The molecule has 0 radical (unpaired) electrons. The average molecular weight is 385 g/mol. The molecule has 146 valence electrons. The first-order chi connectivity index (χ1) is 13.3. The van der Waals surface area contributed by atoms with Crippen molar-refractivity contribution in [1.29, 1.82) is 0 Å². The van der Waals surface area contributed by atoms with Crippen LogP contribution in [0.25, 0.3) is 0 Å². The van der Waals surface area contributed by atoms with Gasteiger partial charge in [0.15, 0.2) is 0 Å². The molecule has 0 bridgehead atoms. The minimum atomic E-state index is -1.19. The standard InChI is InChI=1S/C20H20FN3O4/c1-20(11-13-5-3-4-6-16(13)28-2)18(26)24(19(27)23-20)12-17(25)22-15-9-7-14(21)8-10-15/h3-10H,11-12H2,1-2H3,(H,22,25)(H,23,27)/t20-/m1/s1. The van der Waals surface area contributed by atoms with E-state index in [1.807, 2.05) is 18.2 Å². The predicted octanol–water partition coefficient (Wildman–Crippen LogP) is 2.33. The van der Waals surface area contributed by atoms with E-state index in [1.165, 1.54) is 31.4 Å². The number of amides is 4. The highest BCUT2D eigenvalue weighted by atomic mass is 19.1. The van der Waals surface area contributed by atoms with Gasteiger partial charge in [-0.25, -0.2) is 9.18 Å². The van der Waals surface area contributed by atoms with Gasteiger partial charge in [0.05, 0.1) is 7.11 Å². The van der Waals surface area contributed by atoms with Gasteiger partial charge < -0.3 is 15.4 Å². The highest BCUT2D eigenvalue weighted by Crippen LogP contribution is 2.27. The number of hydrogen-bond donors (Lipinski definition) is 2. The molecular weight excluding hydrogens is 365 g/mol. The van der Waals surface area contributed by atoms with E-state index in [4.69, 9.17) is 4.74 Å². The normalized spacial score (nSPS) is 18.8. The summed E-state index contributed by atoms with van der Waals surface area (Å²) >= 11 is 0. The number of urea groups is 1. The SMILES string of the molecule is COc1ccccc1C[C@@]1(C)NC(=O)N(CC(=O)Nc2ccc(F)cc2)C1=O. The molecule has 0 aromatic heterocycles. The van der Waals surface area contributed by atoms with Crippen LogP contribution in [0.4, 0.5) is 14.9 Å². The van der Waals surface area contributed by atoms with Gasteiger partial charge in [0.25, 0.3) is 5.91 Å². The number of nitrogens with one attached hydrogen (secondary N) is 2. The van der Waals surface area contributed by atoms with E-state index in [1.54, 1.807) is 13.0 Å². The average Bonchev–Trinajstić information content (AvgIpc) is 2.87. The van der Waals surface area contributed by atoms with Crippen LogP contribution in [-0.4, -0.2) is 41.9 Å². The van der Waals surface area contributed by atoms with Crippen molar-refractivity contribution >= 4 is 23.5 Å². The Kier molecular flexibility index (Phi) is 5.30. The molecule has 28 heavy (non-hydrogen) atoms. The third-order valence-corrected chi connectivity index (χ3v) is 4.51. The number of imide groups is 1. The maximum atomic E-state index is 12.9. The molecule has 2 aromatic rings. The molecule has 2 N–H and O–H groups in total. The Morgan fingerprint density at radius 1 is 1.18 bits per heavy atom. The molecule has 4 amide bonds. The van der Waals surface area contributed by atoms with Gasteiger partial charge in [0.2, 0.25) is 5.91 Å². The Labute approximate surface area is 161 Å². The maximum Gasteiger partial charge on any atom is 0.325 e. The van der Waals surface area contributed by atoms with Crippen LogP contribution in [0.15, 0.2) is 48.5 Å². The van der Waals surface area contributed by atoms with Crippen molar-refractivity contribution in [3.8, 4) is 5.75 Å². The summed E-state index contributed by atoms with van der Waals surface area (Å²) in [6.45, 7) is 1.17. The number of ether oxygens (including phenoxy) is 1. The molecule has 0 saturated carbocycles. The fourth-order valence-electron chi connectivity index (χ4n) is 3.12. The fourth-order valence-corrected chi connectivity index (χ4v) is 3.12. The Morgan fingerprint density at radius 2 is 1.86 bits per heavy atom. The zero-order valence-corrected chi connectivity index (χ0v) is 15.5. The minimum absolute atomic E-state index is 0.220. The predicted molar refractivity (Wildman–Crippen MR) is 100 cm³/mol. The molecule has 7 nitrogen and oxygen atoms in total. The van der Waals surface area contributed by atoms with Crippen LogP contribution >= 0.6 is 0 Å². The molecule has 1 aliphatic heterocycles. The van der Waals surface area contributed by atoms with Gasteiger partial charge in [-0.15, -0.1) is 0 Å². The summed E-state index contributed by atoms with van der Waals surface area (Å²) in [7, 11) is 1.53. The molecule has 0 aliphatic carbocycles. The first-order valence-corrected chi connectivity index (χ1v) is 8.64. The van der Waals surface area contributed by atoms with Crippen molar-refractivity contribution in [1.82, 2.24) is 10.2 Å². The van der Waals surface area contributed by atoms with Crippen LogP contribution in [0.5, 0.6) is 5.75 Å². The van der Waals surface area contributed by atoms with Crippen molar-refractivity contribution in [2.75, 3.05) is 19.0 Å². The highest BCUT2D eigenvalue weighted by Gasteiger charge is 2.48. The first-order valence-electron chi connectivity index (χ1n) is 8.64. The fraction of sp³-hybridized carbons (Fsp3) is 0.250. The molecule has 1 fully saturated rings. The quantitative estimate of drug-likeness (QED) is 0.747. The van der Waals surface area contributed by atoms with Crippen molar-refractivity contribution in [2.24, 2.45) is 0 Å². The molecule has 1 atom stereocenters. The number of methoxy groups -OCH3 is 1. The van der Waals surface area contributed by atoms with Gasteiger partial charge in [0.1, 0.15) is 23.7 Å². The molecule has 1 heterocycles. The van der Waals surface area contributed by atoms with Crippen molar-refractivity contribution in [3.63, 3.8) is 0 Å². The van der Waals surface area contributed by atoms with Gasteiger partial charge >= 0.3 is 6.03 Å². The highest BCUT2D eigenvalue weighted by molar-refractivity contribution is 6.10. The van der Waals surface area contributed by atoms with E-state index in [9.17, 15) is 18.8 Å². The Morgan fingerprint density at radius 3 is 2.54 bits per heavy atom. The second-order valence-corrected chi connectivity index (χ2v) is 6.70. The van der Waals surface area contributed by atoms with Gasteiger partial charge in [-0.05, 0) is 42.8 Å². The Balaban J connectivity index is 1.70. The largest absolute Gasteiger partial charge is 0.496 e. The van der Waals surface area contributed by atoms with Crippen LogP contribution in [-0.2, 0) is 16.0 Å². The molecule has 1 aliphatic rings. The molecule has 0 spiro atoms. The van der Waals surface area contributed by atoms with E-state index in [0.29, 0.717) is 11.4 Å². The lowest BCUT2D eigenvalue weighted by molar-refractivity contribution is -0.133. The lowest BCUT2D eigenvalue weighted by Gasteiger charge is -2.22. The van der Waals surface area contributed by atoms with Crippen LogP contribution in [0, 0.1) is 5.82 Å². The van der Waals surface area contributed by atoms with E-state index >= 15 is 0 Å². The molecule has 2 aromatic carbocycles. The first kappa shape index (κ1) is 19.3. The topological polar surface area (TPSA) is 87.7 Å². The smallest absolute Gasteiger partial charge is 0.325 e. The molecule has 8 heteroatoms. The van der Waals surface area contributed by atoms with E-state index < -0.39 is 35.7 Å². The zero-order chi connectivity index (χ0) is 20.3. The number of carbonyl (C=O) groups excluding carboxylic acids is 3. The molecule has 1 saturated heterocycles. The number of anilines is 1. The third kappa shape index (κ3) is 3.95. The van der Waals surface area contributed by atoms with Crippen molar-refractivity contribution < 1.29 is 23.5 Å². The number of para-hydroxylation sites is 1. The summed E-state index contributed by atoms with van der Waals surface area (Å²) < 4.78 is 18.2. The summed E-state index contributed by atoms with van der Waals surface area (Å²) in [6, 6.07) is 11.8. The van der Waals surface area contributed by atoms with Crippen LogP contribution in [0.2, 0.25) is 0 Å². The number of halogens is 1. The van der Waals surface area contributed by atoms with Gasteiger partial charge in [-0.2, -0.15) is 0 Å². The lowest BCUT2D eigenvalue weighted by Crippen LogP contribution is -2.46. The number of hydrogen-bond acceptors (Lipinski definition) is 4. The number of carbonyl (C=O) groups is 3. The lowest BCUT2D eigenvalue weighted by atomic mass is 9.92. The van der Waals surface area contributed by atoms with Gasteiger partial charge in [-0.1, -0.05) is 18.2 Å². The van der Waals surface area contributed by atoms with Crippen molar-refractivity contribution in [2.45, 2.75) is 18.9 Å². The second kappa shape index (κ2) is 7.67. The molecule has 0 unspecified atom stereocenters. The van der Waals surface area contributed by atoms with Gasteiger partial charge in [0, 0.05) is 12.1 Å². The summed E-state index contributed by atoms with van der Waals surface area (Å²) in [5.41, 5.74) is -0.0593. The molecule has 3 rings (SSSR count). The number of nitrogens with zero attached hydrogens (tertiary/aromatic N) is 1. The van der Waals surface area contributed by atoms with E-state index in [-0.39, 0.29) is 6.42 Å². The second-order valence-electron chi connectivity index (χ2n) is 6.70. The Bertz CT molecular complexity index is 916. The monoisotopic (exact) mass is 385 g/mol. The molecular formula is C20H20FN3O4. The summed E-state index contributed by atoms with van der Waals surface area (Å²) in [5.74, 6) is -0.883. The zero-order valence-electron chi connectivity index (χ0n) is 15.5. The van der Waals surface area contributed by atoms with Crippen LogP contribution in [0.1, 0.15) is 12.5 Å². The Hall–Kier alpha value is -3.42. The third-order valence-electron chi connectivity index (χ3n) is 4.51. The number of benzene rings is 2. The summed E-state index contributed by atoms with van der Waals surface area (Å²) in [5, 5.41) is 5.19. The summed E-state index contributed by atoms with van der Waals surface area (Å²) in [6.07, 6.45) is 0.220. The van der Waals surface area contributed by atoms with Crippen molar-refractivity contribution in [3.05, 3.63) is 59.9 Å².